The molecule has 13 heteroatoms. The lowest BCUT2D eigenvalue weighted by molar-refractivity contribution is -0.141. The zero-order chi connectivity index (χ0) is 34.4. The minimum Gasteiger partial charge on any atom is -0.494 e. The fraction of sp³-hybridized carbons (Fsp3) is 0.600. The van der Waals surface area contributed by atoms with Crippen LogP contribution >= 0.6 is 0 Å². The first-order chi connectivity index (χ1) is 22.9. The number of ether oxygens (including phenoxy) is 2. The molecule has 1 aromatic heterocycles. The number of pyridine rings is 1. The van der Waals surface area contributed by atoms with Crippen LogP contribution in [0.3, 0.4) is 0 Å². The molecule has 0 bridgehead atoms. The lowest BCUT2D eigenvalue weighted by Gasteiger charge is -2.31. The zero-order valence-electron chi connectivity index (χ0n) is 27.7. The quantitative estimate of drug-likeness (QED) is 0.411. The number of nitrogens with zero attached hydrogens (tertiary/aromatic N) is 2. The Morgan fingerprint density at radius 2 is 1.96 bits per heavy atom. The molecular weight excluding hydrogens is 639 g/mol. The Balaban J connectivity index is 1.32. The fourth-order valence-corrected chi connectivity index (χ4v) is 8.88. The summed E-state index contributed by atoms with van der Waals surface area (Å²) in [5.41, 5.74) is 5.43. The van der Waals surface area contributed by atoms with Crippen molar-refractivity contribution >= 4 is 38.4 Å². The molecule has 3 heterocycles. The van der Waals surface area contributed by atoms with E-state index < -0.39 is 50.6 Å². The number of hydrogen-bond acceptors (Lipinski definition) is 9. The van der Waals surface area contributed by atoms with Gasteiger partial charge in [0.25, 0.3) is 0 Å². The molecule has 0 unspecified atom stereocenters. The van der Waals surface area contributed by atoms with Crippen LogP contribution in [0.4, 0.5) is 4.39 Å². The maximum absolute atomic E-state index is 14.3. The largest absolute Gasteiger partial charge is 0.494 e. The van der Waals surface area contributed by atoms with E-state index in [0.717, 1.165) is 19.3 Å². The van der Waals surface area contributed by atoms with Gasteiger partial charge in [-0.25, -0.2) is 17.8 Å². The number of Topliss-reactive ketones (excluding diaryl/α,β-unsaturated/α-hetero) is 1. The molecule has 2 aromatic rings. The number of methoxy groups -OCH3 is 1. The molecule has 2 aliphatic carbocycles. The van der Waals surface area contributed by atoms with E-state index in [1.165, 1.54) is 30.3 Å². The fourth-order valence-electron chi connectivity index (χ4n) is 7.50. The number of fused-ring (bicyclic) bond motifs is 3. The van der Waals surface area contributed by atoms with Gasteiger partial charge in [-0.3, -0.25) is 19.1 Å². The average Bonchev–Trinajstić information content (AvgIpc) is 3.98. The van der Waals surface area contributed by atoms with Crippen LogP contribution in [0.1, 0.15) is 71.6 Å². The Kier molecular flexibility index (Phi) is 9.56. The van der Waals surface area contributed by atoms with Crippen LogP contribution in [0.15, 0.2) is 36.5 Å². The Morgan fingerprint density at radius 1 is 1.19 bits per heavy atom. The number of nitrogens with one attached hydrogen (secondary N) is 1. The van der Waals surface area contributed by atoms with Crippen molar-refractivity contribution in [3.8, 4) is 11.6 Å². The summed E-state index contributed by atoms with van der Waals surface area (Å²) in [6, 6.07) is 2.38. The maximum Gasteiger partial charge on any atom is 0.240 e. The van der Waals surface area contributed by atoms with E-state index in [-0.39, 0.29) is 54.7 Å². The molecule has 4 aliphatic rings. The Morgan fingerprint density at radius 3 is 2.67 bits per heavy atom. The van der Waals surface area contributed by atoms with Crippen molar-refractivity contribution in [2.24, 2.45) is 28.9 Å². The smallest absolute Gasteiger partial charge is 0.240 e. The van der Waals surface area contributed by atoms with Gasteiger partial charge < -0.3 is 20.1 Å². The van der Waals surface area contributed by atoms with E-state index in [9.17, 15) is 27.2 Å². The van der Waals surface area contributed by atoms with Gasteiger partial charge in [0.1, 0.15) is 17.7 Å². The molecule has 11 nitrogen and oxygen atoms in total. The number of ketones is 1. The average molecular weight is 685 g/mol. The number of aromatic nitrogens is 1. The summed E-state index contributed by atoms with van der Waals surface area (Å²) < 4.78 is 53.8. The van der Waals surface area contributed by atoms with Crippen molar-refractivity contribution in [1.82, 2.24) is 14.6 Å². The van der Waals surface area contributed by atoms with Gasteiger partial charge >= 0.3 is 0 Å². The van der Waals surface area contributed by atoms with Gasteiger partial charge in [0.15, 0.2) is 5.78 Å². The third-order valence-electron chi connectivity index (χ3n) is 10.7. The number of amides is 2. The molecular formula is C35H45FN4O7S. The summed E-state index contributed by atoms with van der Waals surface area (Å²) in [5.74, 6) is -1.44. The van der Waals surface area contributed by atoms with Gasteiger partial charge in [-0.1, -0.05) is 32.4 Å². The van der Waals surface area contributed by atoms with Gasteiger partial charge in [-0.15, -0.1) is 0 Å². The lowest BCUT2D eigenvalue weighted by atomic mass is 9.85. The van der Waals surface area contributed by atoms with Crippen molar-refractivity contribution < 1.29 is 36.7 Å². The molecule has 0 spiro atoms. The monoisotopic (exact) mass is 684 g/mol. The van der Waals surface area contributed by atoms with Crippen LogP contribution in [0.2, 0.25) is 0 Å². The maximum atomic E-state index is 14.3. The number of sulfonamides is 1. The van der Waals surface area contributed by atoms with Crippen LogP contribution in [-0.2, 0) is 24.4 Å². The molecule has 3 fully saturated rings. The third-order valence-corrected chi connectivity index (χ3v) is 12.5. The highest BCUT2D eigenvalue weighted by Gasteiger charge is 2.61. The van der Waals surface area contributed by atoms with Crippen LogP contribution in [0.25, 0.3) is 10.8 Å². The van der Waals surface area contributed by atoms with Crippen molar-refractivity contribution in [2.75, 3.05) is 13.7 Å². The SMILES string of the molecule is CC[C@@H]1C[C@H](C)CC/C=C\[C@@H]2C[C@@]2(C(=O)NS(=O)(=O)C2CC2)CC(=O)[C@@H]2C[C@@H](Oc3ncc(OC)c4ccc(F)cc34)CN2C(=O)[C@H]1N. The predicted molar refractivity (Wildman–Crippen MR) is 177 cm³/mol. The summed E-state index contributed by atoms with van der Waals surface area (Å²) in [4.78, 5) is 47.9. The number of carbonyl (C=O) groups is 3. The molecule has 2 saturated carbocycles. The molecule has 2 aliphatic heterocycles. The van der Waals surface area contributed by atoms with Gasteiger partial charge in [-0.05, 0) is 74.5 Å². The van der Waals surface area contributed by atoms with E-state index in [4.69, 9.17) is 15.2 Å². The van der Waals surface area contributed by atoms with Crippen LogP contribution in [-0.4, -0.2) is 73.0 Å². The van der Waals surface area contributed by atoms with Crippen molar-refractivity contribution in [3.63, 3.8) is 0 Å². The van der Waals surface area contributed by atoms with Crippen molar-refractivity contribution in [3.05, 3.63) is 42.4 Å². The minimum absolute atomic E-state index is 0.0397. The predicted octanol–water partition coefficient (Wildman–Crippen LogP) is 4.03. The molecule has 1 saturated heterocycles. The van der Waals surface area contributed by atoms with Crippen LogP contribution in [0.5, 0.6) is 11.6 Å². The normalized spacial score (nSPS) is 32.1. The second kappa shape index (κ2) is 13.4. The number of allylic oxidation sites excluding steroid dienone is 2. The van der Waals surface area contributed by atoms with E-state index in [0.29, 0.717) is 42.2 Å². The second-order valence-electron chi connectivity index (χ2n) is 14.1. The van der Waals surface area contributed by atoms with Crippen molar-refractivity contribution in [2.45, 2.75) is 95.1 Å². The summed E-state index contributed by atoms with van der Waals surface area (Å²) in [6.07, 6.45) is 9.01. The van der Waals surface area contributed by atoms with Gasteiger partial charge in [0.2, 0.25) is 27.7 Å². The Bertz CT molecular complexity index is 1730. The second-order valence-corrected chi connectivity index (χ2v) is 16.1. The summed E-state index contributed by atoms with van der Waals surface area (Å²) in [5, 5.41) is 0.385. The number of halogens is 1. The topological polar surface area (TPSA) is 158 Å². The van der Waals surface area contributed by atoms with Crippen LogP contribution in [0, 0.1) is 29.0 Å². The zero-order valence-corrected chi connectivity index (χ0v) is 28.5. The number of benzene rings is 1. The number of carbonyl (C=O) groups excluding carboxylic acids is 3. The molecule has 3 N–H and O–H groups in total. The Hall–Kier alpha value is -3.58. The number of nitrogens with two attached hydrogens (primary N) is 1. The first kappa shape index (κ1) is 34.3. The first-order valence-corrected chi connectivity index (χ1v) is 18.5. The van der Waals surface area contributed by atoms with E-state index >= 15 is 0 Å². The molecule has 260 valence electrons. The first-order valence-electron chi connectivity index (χ1n) is 17.0. The molecule has 7 atom stereocenters. The summed E-state index contributed by atoms with van der Waals surface area (Å²) in [6.45, 7) is 4.17. The number of rotatable bonds is 7. The minimum atomic E-state index is -3.83. The summed E-state index contributed by atoms with van der Waals surface area (Å²) in [7, 11) is -2.34. The molecule has 2 amide bonds. The Labute approximate surface area is 280 Å². The molecule has 48 heavy (non-hydrogen) atoms. The van der Waals surface area contributed by atoms with E-state index in [2.05, 4.69) is 16.6 Å². The molecule has 1 aromatic carbocycles. The van der Waals surface area contributed by atoms with E-state index in [1.54, 1.807) is 6.07 Å². The van der Waals surface area contributed by atoms with Gasteiger partial charge in [-0.2, -0.15) is 0 Å². The lowest BCUT2D eigenvalue weighted by Crippen LogP contribution is -2.52. The highest BCUT2D eigenvalue weighted by molar-refractivity contribution is 7.90. The van der Waals surface area contributed by atoms with Gasteiger partial charge in [0, 0.05) is 18.2 Å². The van der Waals surface area contributed by atoms with E-state index in [1.807, 2.05) is 19.1 Å². The van der Waals surface area contributed by atoms with Crippen molar-refractivity contribution in [1.29, 1.82) is 0 Å². The third kappa shape index (κ3) is 6.80. The standard InChI is InChI=1S/C35H45FN4O7S/c1-4-21-13-20(2)7-5-6-8-22-16-35(22,34(43)39-48(44,45)25-10-11-25)17-29(41)28-15-24(19-40(28)33(42)31(21)37)47-32-27-14-23(36)9-12-26(27)30(46-3)18-38-32/h6,8-9,12,14,18,20-22,24-25,28,31H,4-5,7,10-11,13,15-17,19,37H2,1-3H3,(H,39,43)/b8-6-/t20-,21-,22-,24-,28+,31+,35-/m1/s1. The highest BCUT2D eigenvalue weighted by atomic mass is 32.2. The summed E-state index contributed by atoms with van der Waals surface area (Å²) >= 11 is 0. The molecule has 6 rings (SSSR count). The van der Waals surface area contributed by atoms with Gasteiger partial charge in [0.05, 0.1) is 48.0 Å². The number of hydrogen-bond donors (Lipinski definition) is 2. The van der Waals surface area contributed by atoms with Crippen LogP contribution < -0.4 is 19.9 Å². The molecule has 0 radical (unpaired) electrons. The highest BCUT2D eigenvalue weighted by Crippen LogP contribution is 2.57.